The molecule has 2 aromatic carbocycles. The van der Waals surface area contributed by atoms with Crippen molar-refractivity contribution in [1.82, 2.24) is 0 Å². The topological polar surface area (TPSA) is 71.1 Å². The van der Waals surface area contributed by atoms with E-state index < -0.39 is 16.2 Å². The smallest absolute Gasteiger partial charge is 0.297 e. The van der Waals surface area contributed by atoms with Crippen molar-refractivity contribution < 1.29 is 26.8 Å². The molecule has 0 saturated heterocycles. The lowest BCUT2D eigenvalue weighted by Gasteiger charge is -2.27. The van der Waals surface area contributed by atoms with Crippen molar-refractivity contribution in [3.63, 3.8) is 0 Å². The highest BCUT2D eigenvalue weighted by atomic mass is 32.2. The molecule has 7 heteroatoms. The second kappa shape index (κ2) is 9.71. The normalized spacial score (nSPS) is 19.7. The van der Waals surface area contributed by atoms with Crippen LogP contribution in [0.3, 0.4) is 0 Å². The molecule has 0 aromatic heterocycles. The van der Waals surface area contributed by atoms with Crippen molar-refractivity contribution in [3.05, 3.63) is 47.5 Å². The Bertz CT molecular complexity index is 952. The summed E-state index contributed by atoms with van der Waals surface area (Å²) in [4.78, 5) is 0.176. The summed E-state index contributed by atoms with van der Waals surface area (Å²) in [7, 11) is 0.836. The molecule has 0 bridgehead atoms. The predicted molar refractivity (Wildman–Crippen MR) is 115 cm³/mol. The van der Waals surface area contributed by atoms with Gasteiger partial charge in [-0.15, -0.1) is 0 Å². The molecule has 0 spiro atoms. The third kappa shape index (κ3) is 4.73. The zero-order chi connectivity index (χ0) is 21.7. The molecule has 1 aliphatic rings. The molecule has 0 unspecified atom stereocenters. The van der Waals surface area contributed by atoms with Crippen LogP contribution in [0.2, 0.25) is 0 Å². The van der Waals surface area contributed by atoms with Crippen LogP contribution >= 0.6 is 0 Å². The quantitative estimate of drug-likeness (QED) is 0.459. The second-order valence-corrected chi connectivity index (χ2v) is 9.14. The lowest BCUT2D eigenvalue weighted by Crippen LogP contribution is -2.25. The van der Waals surface area contributed by atoms with Crippen LogP contribution in [0.1, 0.15) is 49.1 Å². The highest BCUT2D eigenvalue weighted by Crippen LogP contribution is 2.46. The molecule has 1 fully saturated rings. The standard InChI is InChI=1S/C23H30O6S/c1-16-10-12-17(13-11-16)30(24,25)29-20-9-7-5-6-8-18(20)19-14-15-21(26-2)23(28-4)22(19)27-3/h10-15,18,20H,5-9H2,1-4H3/t18-,20-/m1/s1. The zero-order valence-corrected chi connectivity index (χ0v) is 18.8. The molecule has 164 valence electrons. The lowest BCUT2D eigenvalue weighted by molar-refractivity contribution is 0.166. The average Bonchev–Trinajstić information content (AvgIpc) is 2.97. The van der Waals surface area contributed by atoms with E-state index in [0.29, 0.717) is 23.7 Å². The van der Waals surface area contributed by atoms with Crippen LogP contribution in [0.5, 0.6) is 17.2 Å². The molecule has 0 N–H and O–H groups in total. The van der Waals surface area contributed by atoms with E-state index in [-0.39, 0.29) is 10.8 Å². The van der Waals surface area contributed by atoms with Crippen LogP contribution in [0, 0.1) is 6.92 Å². The van der Waals surface area contributed by atoms with Crippen LogP contribution < -0.4 is 14.2 Å². The Morgan fingerprint density at radius 1 is 0.800 bits per heavy atom. The fraction of sp³-hybridized carbons (Fsp3) is 0.478. The van der Waals surface area contributed by atoms with Gasteiger partial charge in [0.15, 0.2) is 11.5 Å². The molecule has 3 rings (SSSR count). The van der Waals surface area contributed by atoms with Gasteiger partial charge in [-0.2, -0.15) is 8.42 Å². The Hall–Kier alpha value is -2.25. The molecular weight excluding hydrogens is 404 g/mol. The number of hydrogen-bond acceptors (Lipinski definition) is 6. The van der Waals surface area contributed by atoms with Crippen molar-refractivity contribution in [3.8, 4) is 17.2 Å². The third-order valence-electron chi connectivity index (χ3n) is 5.65. The van der Waals surface area contributed by atoms with Gasteiger partial charge in [-0.25, -0.2) is 0 Å². The Labute approximate surface area is 179 Å². The Balaban J connectivity index is 1.99. The Morgan fingerprint density at radius 2 is 1.47 bits per heavy atom. The summed E-state index contributed by atoms with van der Waals surface area (Å²) in [5.41, 5.74) is 1.87. The molecule has 6 nitrogen and oxygen atoms in total. The fourth-order valence-electron chi connectivity index (χ4n) is 4.08. The van der Waals surface area contributed by atoms with Gasteiger partial charge in [0, 0.05) is 11.5 Å². The summed E-state index contributed by atoms with van der Waals surface area (Å²) in [6.45, 7) is 1.92. The molecule has 1 aliphatic carbocycles. The number of hydrogen-bond donors (Lipinski definition) is 0. The van der Waals surface area contributed by atoms with Gasteiger partial charge in [0.25, 0.3) is 10.1 Å². The van der Waals surface area contributed by atoms with E-state index in [0.717, 1.165) is 36.8 Å². The molecule has 2 atom stereocenters. The summed E-state index contributed by atoms with van der Waals surface area (Å²) in [5.74, 6) is 1.49. The molecule has 0 amide bonds. The van der Waals surface area contributed by atoms with Crippen LogP contribution in [0.15, 0.2) is 41.3 Å². The van der Waals surface area contributed by atoms with E-state index in [1.165, 1.54) is 0 Å². The molecule has 2 aromatic rings. The number of ether oxygens (including phenoxy) is 3. The van der Waals surface area contributed by atoms with Gasteiger partial charge in [0.1, 0.15) is 0 Å². The largest absolute Gasteiger partial charge is 0.493 e. The maximum Gasteiger partial charge on any atom is 0.297 e. The summed E-state index contributed by atoms with van der Waals surface area (Å²) in [6.07, 6.45) is 3.93. The summed E-state index contributed by atoms with van der Waals surface area (Å²) in [5, 5.41) is 0. The molecule has 0 heterocycles. The van der Waals surface area contributed by atoms with E-state index in [9.17, 15) is 8.42 Å². The second-order valence-electron chi connectivity index (χ2n) is 7.57. The van der Waals surface area contributed by atoms with E-state index in [2.05, 4.69) is 0 Å². The highest BCUT2D eigenvalue weighted by molar-refractivity contribution is 7.86. The minimum absolute atomic E-state index is 0.137. The van der Waals surface area contributed by atoms with Crippen molar-refractivity contribution >= 4 is 10.1 Å². The van der Waals surface area contributed by atoms with Gasteiger partial charge in [0.05, 0.1) is 32.3 Å². The van der Waals surface area contributed by atoms with E-state index in [4.69, 9.17) is 18.4 Å². The molecule has 0 radical (unpaired) electrons. The van der Waals surface area contributed by atoms with Crippen molar-refractivity contribution in [2.24, 2.45) is 0 Å². The molecule has 30 heavy (non-hydrogen) atoms. The maximum absolute atomic E-state index is 13.0. The third-order valence-corrected chi connectivity index (χ3v) is 7.00. The minimum atomic E-state index is -3.88. The van der Waals surface area contributed by atoms with Gasteiger partial charge in [0.2, 0.25) is 5.75 Å². The van der Waals surface area contributed by atoms with Crippen molar-refractivity contribution in [1.29, 1.82) is 0 Å². The van der Waals surface area contributed by atoms with E-state index in [1.54, 1.807) is 45.6 Å². The first kappa shape index (κ1) is 22.4. The van der Waals surface area contributed by atoms with Gasteiger partial charge < -0.3 is 14.2 Å². The number of benzene rings is 2. The Morgan fingerprint density at radius 3 is 2.10 bits per heavy atom. The summed E-state index contributed by atoms with van der Waals surface area (Å²) >= 11 is 0. The first-order valence-corrected chi connectivity index (χ1v) is 11.6. The number of aryl methyl sites for hydroxylation is 1. The van der Waals surface area contributed by atoms with Crippen LogP contribution in [-0.4, -0.2) is 35.9 Å². The minimum Gasteiger partial charge on any atom is -0.493 e. The van der Waals surface area contributed by atoms with Crippen LogP contribution in [0.4, 0.5) is 0 Å². The van der Waals surface area contributed by atoms with Crippen molar-refractivity contribution in [2.45, 2.75) is 55.9 Å². The van der Waals surface area contributed by atoms with Crippen LogP contribution in [-0.2, 0) is 14.3 Å². The zero-order valence-electron chi connectivity index (χ0n) is 18.0. The number of methoxy groups -OCH3 is 3. The maximum atomic E-state index is 13.0. The molecular formula is C23H30O6S. The average molecular weight is 435 g/mol. The molecule has 0 aliphatic heterocycles. The lowest BCUT2D eigenvalue weighted by atomic mass is 9.88. The highest BCUT2D eigenvalue weighted by Gasteiger charge is 2.34. The van der Waals surface area contributed by atoms with Gasteiger partial charge in [-0.05, 0) is 38.0 Å². The van der Waals surface area contributed by atoms with E-state index in [1.807, 2.05) is 19.1 Å². The predicted octanol–water partition coefficient (Wildman–Crippen LogP) is 4.84. The van der Waals surface area contributed by atoms with Gasteiger partial charge >= 0.3 is 0 Å². The van der Waals surface area contributed by atoms with E-state index >= 15 is 0 Å². The fourth-order valence-corrected chi connectivity index (χ4v) is 5.22. The summed E-state index contributed by atoms with van der Waals surface area (Å²) in [6, 6.07) is 10.5. The number of rotatable bonds is 7. The first-order valence-electron chi connectivity index (χ1n) is 10.2. The van der Waals surface area contributed by atoms with Crippen molar-refractivity contribution in [2.75, 3.05) is 21.3 Å². The Kier molecular flexibility index (Phi) is 7.26. The summed E-state index contributed by atoms with van der Waals surface area (Å²) < 4.78 is 48.4. The van der Waals surface area contributed by atoms with Gasteiger partial charge in [-0.1, -0.05) is 43.0 Å². The monoisotopic (exact) mass is 434 g/mol. The first-order chi connectivity index (χ1) is 14.4. The molecule has 1 saturated carbocycles. The SMILES string of the molecule is COc1ccc([C@H]2CCCCC[C@H]2OS(=O)(=O)c2ccc(C)cc2)c(OC)c1OC. The van der Waals surface area contributed by atoms with Gasteiger partial charge in [-0.3, -0.25) is 4.18 Å². The van der Waals surface area contributed by atoms with Crippen LogP contribution in [0.25, 0.3) is 0 Å².